The van der Waals surface area contributed by atoms with Crippen molar-refractivity contribution in [1.29, 1.82) is 0 Å². The van der Waals surface area contributed by atoms with Crippen LogP contribution in [0.5, 0.6) is 11.5 Å². The molecule has 7 heterocycles. The Morgan fingerprint density at radius 1 is 0.710 bits per heavy atom. The molecule has 6 aromatic rings. The van der Waals surface area contributed by atoms with E-state index in [1.807, 2.05) is 35.1 Å². The second-order valence-corrected chi connectivity index (χ2v) is 15.6. The van der Waals surface area contributed by atoms with Gasteiger partial charge in [-0.15, -0.1) is 0 Å². The number of aryl methyl sites for hydroxylation is 2. The third kappa shape index (κ3) is 7.40. The number of hydrogen-bond donors (Lipinski definition) is 3. The molecule has 20 nitrogen and oxygen atoms in total. The van der Waals surface area contributed by atoms with Crippen LogP contribution in [0.25, 0.3) is 22.1 Å². The monoisotopic (exact) mass is 844 g/mol. The minimum atomic E-state index is -0.643. The highest BCUT2D eigenvalue weighted by molar-refractivity contribution is 6.07. The molecule has 3 aliphatic heterocycles. The van der Waals surface area contributed by atoms with Crippen LogP contribution in [-0.2, 0) is 26.2 Å². The summed E-state index contributed by atoms with van der Waals surface area (Å²) in [6.45, 7) is 10.7. The van der Waals surface area contributed by atoms with E-state index in [4.69, 9.17) is 30.9 Å². The maximum Gasteiger partial charge on any atom is 0.278 e. The highest BCUT2D eigenvalue weighted by Gasteiger charge is 2.33. The highest BCUT2D eigenvalue weighted by Crippen LogP contribution is 2.35. The van der Waals surface area contributed by atoms with Crippen LogP contribution >= 0.6 is 0 Å². The SMILES string of the molecule is COc1cc(C(N)=O)cc2nc(N3CCn4nc(C)cc4C3=O)n(C/C=C/Cn3c(N4CCn5nc(C)cc5C4=O)nc4cc(C(N)=O)cc(OCCCN5CCNCC5)c43)c12. The molecule has 5 N–H and O–H groups in total. The van der Waals surface area contributed by atoms with E-state index in [1.165, 1.54) is 7.11 Å². The Morgan fingerprint density at radius 2 is 1.21 bits per heavy atom. The van der Waals surface area contributed by atoms with E-state index in [9.17, 15) is 19.2 Å². The number of rotatable bonds is 14. The predicted molar refractivity (Wildman–Crippen MR) is 229 cm³/mol. The van der Waals surface area contributed by atoms with Crippen LogP contribution in [0.4, 0.5) is 11.9 Å². The summed E-state index contributed by atoms with van der Waals surface area (Å²) >= 11 is 0. The number of nitrogens with one attached hydrogen (secondary N) is 1. The first-order valence-corrected chi connectivity index (χ1v) is 20.6. The first kappa shape index (κ1) is 40.4. The number of aromatic nitrogens is 8. The number of nitrogens with two attached hydrogens (primary N) is 2. The van der Waals surface area contributed by atoms with E-state index in [1.54, 1.807) is 55.6 Å². The number of imidazole rings is 2. The number of carbonyl (C=O) groups excluding carboxylic acids is 4. The molecule has 0 atom stereocenters. The van der Waals surface area contributed by atoms with Gasteiger partial charge in [0.05, 0.1) is 49.2 Å². The zero-order chi connectivity index (χ0) is 43.2. The molecule has 0 unspecified atom stereocenters. The summed E-state index contributed by atoms with van der Waals surface area (Å²) in [5, 5.41) is 12.3. The standard InChI is InChI=1S/C42H48N14O6/c1-25-19-31-39(59)53(14-16-55(31)48-25)41-46-29-21-27(37(43)57)23-33(61-3)35(29)51(41)10-4-5-11-52-36-30(47-42(52)54-15-17-56-32(40(54)60)20-26(2)49-56)22-28(38(44)58)24-34(36)62-18-6-9-50-12-7-45-8-13-50/h4-5,19-24,45H,6-18H2,1-3H3,(H2,43,57)(H2,44,58)/b5-4+. The van der Waals surface area contributed by atoms with Crippen LogP contribution in [0, 0.1) is 13.8 Å². The Morgan fingerprint density at radius 3 is 1.71 bits per heavy atom. The Kier molecular flexibility index (Phi) is 10.7. The predicted octanol–water partition coefficient (Wildman–Crippen LogP) is 1.85. The fourth-order valence-electron chi connectivity index (χ4n) is 8.54. The highest BCUT2D eigenvalue weighted by atomic mass is 16.5. The largest absolute Gasteiger partial charge is 0.494 e. The van der Waals surface area contributed by atoms with E-state index < -0.39 is 11.8 Å². The Labute approximate surface area is 355 Å². The van der Waals surface area contributed by atoms with E-state index >= 15 is 0 Å². The number of allylic oxidation sites excluding steroid dienone is 2. The zero-order valence-electron chi connectivity index (χ0n) is 34.8. The smallest absolute Gasteiger partial charge is 0.278 e. The van der Waals surface area contributed by atoms with Crippen LogP contribution in [-0.4, -0.2) is 127 Å². The normalized spacial score (nSPS) is 15.9. The third-order valence-corrected chi connectivity index (χ3v) is 11.5. The van der Waals surface area contributed by atoms with Crippen molar-refractivity contribution in [2.75, 3.05) is 69.3 Å². The summed E-state index contributed by atoms with van der Waals surface area (Å²) in [6, 6.07) is 9.92. The van der Waals surface area contributed by atoms with Crippen molar-refractivity contribution in [1.82, 2.24) is 48.9 Å². The van der Waals surface area contributed by atoms with Gasteiger partial charge in [0.2, 0.25) is 23.7 Å². The molecule has 4 amide bonds. The Bertz CT molecular complexity index is 2790. The lowest BCUT2D eigenvalue weighted by Gasteiger charge is -2.27. The second kappa shape index (κ2) is 16.4. The molecule has 4 aromatic heterocycles. The topological polar surface area (TPSA) is 232 Å². The van der Waals surface area contributed by atoms with Gasteiger partial charge >= 0.3 is 0 Å². The average molecular weight is 845 g/mol. The number of hydrogen-bond acceptors (Lipinski definition) is 12. The van der Waals surface area contributed by atoms with Gasteiger partial charge in [-0.05, 0) is 56.7 Å². The maximum atomic E-state index is 14.1. The molecule has 0 radical (unpaired) electrons. The van der Waals surface area contributed by atoms with E-state index in [0.29, 0.717) is 89.6 Å². The lowest BCUT2D eigenvalue weighted by molar-refractivity contribution is 0.0952. The van der Waals surface area contributed by atoms with E-state index in [0.717, 1.165) is 50.5 Å². The summed E-state index contributed by atoms with van der Waals surface area (Å²) in [5.74, 6) is -0.290. The molecular weight excluding hydrogens is 797 g/mol. The van der Waals surface area contributed by atoms with Gasteiger partial charge in [0, 0.05) is 70.0 Å². The number of carbonyl (C=O) groups is 4. The number of fused-ring (bicyclic) bond motifs is 4. The summed E-state index contributed by atoms with van der Waals surface area (Å²) in [6.07, 6.45) is 4.61. The van der Waals surface area contributed by atoms with E-state index in [2.05, 4.69) is 20.4 Å². The second-order valence-electron chi connectivity index (χ2n) is 15.6. The molecule has 62 heavy (non-hydrogen) atoms. The number of methoxy groups -OCH3 is 1. The van der Waals surface area contributed by atoms with Gasteiger partial charge in [0.25, 0.3) is 11.8 Å². The summed E-state index contributed by atoms with van der Waals surface area (Å²) in [4.78, 5) is 68.5. The molecule has 322 valence electrons. The number of nitrogens with zero attached hydrogens (tertiary/aromatic N) is 11. The lowest BCUT2D eigenvalue weighted by Crippen LogP contribution is -2.43. The first-order valence-electron chi connectivity index (χ1n) is 20.6. The van der Waals surface area contributed by atoms with Gasteiger partial charge in [-0.25, -0.2) is 9.97 Å². The number of benzene rings is 2. The van der Waals surface area contributed by atoms with Gasteiger partial charge < -0.3 is 40.3 Å². The number of piperazine rings is 1. The summed E-state index contributed by atoms with van der Waals surface area (Å²) in [5.41, 5.74) is 16.3. The van der Waals surface area contributed by atoms with Crippen LogP contribution < -0.4 is 36.1 Å². The number of anilines is 2. The van der Waals surface area contributed by atoms with Crippen molar-refractivity contribution >= 4 is 57.6 Å². The minimum absolute atomic E-state index is 0.214. The molecule has 9 rings (SSSR count). The number of ether oxygens (including phenoxy) is 2. The van der Waals surface area contributed by atoms with Crippen molar-refractivity contribution in [2.24, 2.45) is 11.5 Å². The molecule has 0 spiro atoms. The number of amides is 4. The van der Waals surface area contributed by atoms with Crippen LogP contribution in [0.15, 0.2) is 48.6 Å². The van der Waals surface area contributed by atoms with Crippen molar-refractivity contribution in [3.63, 3.8) is 0 Å². The molecule has 0 bridgehead atoms. The van der Waals surface area contributed by atoms with Crippen molar-refractivity contribution in [3.05, 3.63) is 82.5 Å². The van der Waals surface area contributed by atoms with Crippen molar-refractivity contribution in [2.45, 2.75) is 46.4 Å². The molecule has 0 saturated carbocycles. The van der Waals surface area contributed by atoms with Crippen LogP contribution in [0.1, 0.15) is 59.5 Å². The lowest BCUT2D eigenvalue weighted by atomic mass is 10.1. The first-order chi connectivity index (χ1) is 30.0. The fourth-order valence-corrected chi connectivity index (χ4v) is 8.54. The minimum Gasteiger partial charge on any atom is -0.494 e. The van der Waals surface area contributed by atoms with Gasteiger partial charge in [-0.2, -0.15) is 10.2 Å². The zero-order valence-corrected chi connectivity index (χ0v) is 34.8. The average Bonchev–Trinajstić information content (AvgIpc) is 4.03. The van der Waals surface area contributed by atoms with Crippen molar-refractivity contribution in [3.8, 4) is 11.5 Å². The third-order valence-electron chi connectivity index (χ3n) is 11.5. The van der Waals surface area contributed by atoms with Crippen molar-refractivity contribution < 1.29 is 28.7 Å². The molecule has 2 aromatic carbocycles. The summed E-state index contributed by atoms with van der Waals surface area (Å²) in [7, 11) is 1.50. The van der Waals surface area contributed by atoms with E-state index in [-0.39, 0.29) is 36.0 Å². The Balaban J connectivity index is 1.09. The molecule has 0 aliphatic carbocycles. The molecule has 20 heteroatoms. The van der Waals surface area contributed by atoms with Gasteiger partial charge in [0.15, 0.2) is 0 Å². The molecular formula is C42H48N14O6. The van der Waals surface area contributed by atoms with Gasteiger partial charge in [0.1, 0.15) is 33.9 Å². The number of primary amides is 2. The molecule has 1 saturated heterocycles. The maximum absolute atomic E-state index is 14.1. The molecule has 1 fully saturated rings. The van der Waals surface area contributed by atoms with Crippen LogP contribution in [0.3, 0.4) is 0 Å². The van der Waals surface area contributed by atoms with Crippen LogP contribution in [0.2, 0.25) is 0 Å². The van der Waals surface area contributed by atoms with Gasteiger partial charge in [-0.1, -0.05) is 12.2 Å². The van der Waals surface area contributed by atoms with Gasteiger partial charge in [-0.3, -0.25) is 38.3 Å². The Hall–Kier alpha value is -7.06. The molecule has 3 aliphatic rings. The summed E-state index contributed by atoms with van der Waals surface area (Å²) < 4.78 is 19.4. The fraction of sp³-hybridized carbons (Fsp3) is 0.381. The quantitative estimate of drug-likeness (QED) is 0.105.